The van der Waals surface area contributed by atoms with Crippen molar-refractivity contribution < 1.29 is 0 Å². The van der Waals surface area contributed by atoms with E-state index in [0.717, 1.165) is 18.6 Å². The van der Waals surface area contributed by atoms with Crippen LogP contribution in [0.2, 0.25) is 0 Å². The lowest BCUT2D eigenvalue weighted by atomic mass is 9.90. The molecule has 2 fully saturated rings. The van der Waals surface area contributed by atoms with Crippen LogP contribution in [-0.2, 0) is 0 Å². The lowest BCUT2D eigenvalue weighted by Gasteiger charge is -2.42. The van der Waals surface area contributed by atoms with Crippen molar-refractivity contribution >= 4 is 0 Å². The third-order valence-electron chi connectivity index (χ3n) is 4.65. The summed E-state index contributed by atoms with van der Waals surface area (Å²) in [5.41, 5.74) is 0. The van der Waals surface area contributed by atoms with Crippen LogP contribution < -0.4 is 5.32 Å². The Morgan fingerprint density at radius 2 is 1.61 bits per heavy atom. The van der Waals surface area contributed by atoms with Gasteiger partial charge in [0.2, 0.25) is 0 Å². The quantitative estimate of drug-likeness (QED) is 0.808. The van der Waals surface area contributed by atoms with Gasteiger partial charge >= 0.3 is 0 Å². The molecule has 0 bridgehead atoms. The van der Waals surface area contributed by atoms with Crippen LogP contribution in [0.3, 0.4) is 0 Å². The normalized spacial score (nSPS) is 31.7. The maximum Gasteiger partial charge on any atom is 0.0113 e. The molecule has 0 aromatic rings. The van der Waals surface area contributed by atoms with Gasteiger partial charge in [-0.25, -0.2) is 0 Å². The summed E-state index contributed by atoms with van der Waals surface area (Å²) in [4.78, 5) is 5.38. The standard InChI is InChI=1S/C15H31N3/c1-3-9-17-10-12-18(13-11-17)15-7-5-14(6-8-15)16-4-2/h14-16H,3-13H2,1-2H3. The molecular formula is C15H31N3. The zero-order chi connectivity index (χ0) is 12.8. The Bertz CT molecular complexity index is 192. The van der Waals surface area contributed by atoms with Crippen molar-refractivity contribution in [2.75, 3.05) is 39.3 Å². The third-order valence-corrected chi connectivity index (χ3v) is 4.65. The van der Waals surface area contributed by atoms with Crippen LogP contribution in [0, 0.1) is 0 Å². The minimum atomic E-state index is 0.799. The van der Waals surface area contributed by atoms with Crippen LogP contribution in [0.15, 0.2) is 0 Å². The average Bonchev–Trinajstić information content (AvgIpc) is 2.41. The Balaban J connectivity index is 1.68. The van der Waals surface area contributed by atoms with Gasteiger partial charge in [-0.1, -0.05) is 13.8 Å². The molecule has 0 amide bonds. The molecule has 0 aromatic heterocycles. The van der Waals surface area contributed by atoms with Crippen LogP contribution in [-0.4, -0.2) is 61.2 Å². The predicted molar refractivity (Wildman–Crippen MR) is 78.0 cm³/mol. The second-order valence-corrected chi connectivity index (χ2v) is 5.94. The van der Waals surface area contributed by atoms with E-state index in [1.54, 1.807) is 0 Å². The Morgan fingerprint density at radius 3 is 2.17 bits per heavy atom. The van der Waals surface area contributed by atoms with Gasteiger partial charge in [-0.2, -0.15) is 0 Å². The second-order valence-electron chi connectivity index (χ2n) is 5.94. The van der Waals surface area contributed by atoms with Gasteiger partial charge in [0.1, 0.15) is 0 Å². The molecule has 106 valence electrons. The highest BCUT2D eigenvalue weighted by Gasteiger charge is 2.27. The van der Waals surface area contributed by atoms with E-state index in [1.807, 2.05) is 0 Å². The zero-order valence-electron chi connectivity index (χ0n) is 12.3. The van der Waals surface area contributed by atoms with Crippen molar-refractivity contribution in [1.82, 2.24) is 15.1 Å². The SMILES string of the molecule is CCCN1CCN(C2CCC(NCC)CC2)CC1. The van der Waals surface area contributed by atoms with Gasteiger partial charge in [-0.3, -0.25) is 4.90 Å². The van der Waals surface area contributed by atoms with Crippen LogP contribution in [0.1, 0.15) is 46.0 Å². The number of hydrogen-bond acceptors (Lipinski definition) is 3. The summed E-state index contributed by atoms with van der Waals surface area (Å²) in [5, 5.41) is 3.60. The van der Waals surface area contributed by atoms with Crippen LogP contribution in [0.4, 0.5) is 0 Å². The van der Waals surface area contributed by atoms with Crippen molar-refractivity contribution in [1.29, 1.82) is 0 Å². The summed E-state index contributed by atoms with van der Waals surface area (Å²) in [6.07, 6.45) is 6.88. The fourth-order valence-corrected chi connectivity index (χ4v) is 3.60. The Morgan fingerprint density at radius 1 is 0.944 bits per heavy atom. The lowest BCUT2D eigenvalue weighted by Crippen LogP contribution is -2.52. The molecule has 18 heavy (non-hydrogen) atoms. The first-order valence-corrected chi connectivity index (χ1v) is 8.03. The molecule has 1 aliphatic heterocycles. The first kappa shape index (κ1) is 14.3. The van der Waals surface area contributed by atoms with Crippen molar-refractivity contribution in [3.05, 3.63) is 0 Å². The average molecular weight is 253 g/mol. The molecule has 2 aliphatic rings. The van der Waals surface area contributed by atoms with E-state index in [0.29, 0.717) is 0 Å². The number of hydrogen-bond donors (Lipinski definition) is 1. The van der Waals surface area contributed by atoms with E-state index >= 15 is 0 Å². The number of nitrogens with zero attached hydrogens (tertiary/aromatic N) is 2. The summed E-state index contributed by atoms with van der Waals surface area (Å²) >= 11 is 0. The largest absolute Gasteiger partial charge is 0.314 e. The molecule has 0 unspecified atom stereocenters. The molecule has 1 saturated heterocycles. The summed E-state index contributed by atoms with van der Waals surface area (Å²) in [5.74, 6) is 0. The van der Waals surface area contributed by atoms with Crippen molar-refractivity contribution in [2.24, 2.45) is 0 Å². The van der Waals surface area contributed by atoms with E-state index in [1.165, 1.54) is 64.8 Å². The van der Waals surface area contributed by atoms with E-state index in [-0.39, 0.29) is 0 Å². The fourth-order valence-electron chi connectivity index (χ4n) is 3.60. The summed E-state index contributed by atoms with van der Waals surface area (Å²) in [6.45, 7) is 12.1. The molecule has 0 atom stereocenters. The lowest BCUT2D eigenvalue weighted by molar-refractivity contribution is 0.0743. The zero-order valence-corrected chi connectivity index (χ0v) is 12.3. The van der Waals surface area contributed by atoms with Crippen molar-refractivity contribution in [3.63, 3.8) is 0 Å². The summed E-state index contributed by atoms with van der Waals surface area (Å²) in [6, 6.07) is 1.68. The molecule has 0 aromatic carbocycles. The Hall–Kier alpha value is -0.120. The predicted octanol–water partition coefficient (Wildman–Crippen LogP) is 1.93. The minimum absolute atomic E-state index is 0.799. The maximum absolute atomic E-state index is 3.60. The van der Waals surface area contributed by atoms with Gasteiger partial charge in [0.15, 0.2) is 0 Å². The van der Waals surface area contributed by atoms with E-state index < -0.39 is 0 Å². The Labute approximate surface area is 113 Å². The smallest absolute Gasteiger partial charge is 0.0113 e. The number of piperazine rings is 1. The van der Waals surface area contributed by atoms with Gasteiger partial charge in [0.05, 0.1) is 0 Å². The first-order chi connectivity index (χ1) is 8.83. The summed E-state index contributed by atoms with van der Waals surface area (Å²) < 4.78 is 0. The highest BCUT2D eigenvalue weighted by molar-refractivity contribution is 4.85. The molecule has 3 nitrogen and oxygen atoms in total. The second kappa shape index (κ2) is 7.46. The highest BCUT2D eigenvalue weighted by Crippen LogP contribution is 2.24. The monoisotopic (exact) mass is 253 g/mol. The topological polar surface area (TPSA) is 18.5 Å². The molecule has 0 spiro atoms. The Kier molecular flexibility index (Phi) is 5.93. The van der Waals surface area contributed by atoms with Crippen molar-refractivity contribution in [3.8, 4) is 0 Å². The molecule has 1 heterocycles. The number of rotatable bonds is 5. The van der Waals surface area contributed by atoms with Gasteiger partial charge in [-0.15, -0.1) is 0 Å². The molecule has 1 N–H and O–H groups in total. The molecule has 1 aliphatic carbocycles. The first-order valence-electron chi connectivity index (χ1n) is 8.03. The summed E-state index contributed by atoms with van der Waals surface area (Å²) in [7, 11) is 0. The molecule has 1 saturated carbocycles. The van der Waals surface area contributed by atoms with Gasteiger partial charge in [0, 0.05) is 38.3 Å². The molecular weight excluding hydrogens is 222 g/mol. The van der Waals surface area contributed by atoms with Gasteiger partial charge in [-0.05, 0) is 45.2 Å². The van der Waals surface area contributed by atoms with Crippen LogP contribution in [0.25, 0.3) is 0 Å². The number of nitrogens with one attached hydrogen (secondary N) is 1. The van der Waals surface area contributed by atoms with Crippen LogP contribution >= 0.6 is 0 Å². The molecule has 3 heteroatoms. The van der Waals surface area contributed by atoms with E-state index in [4.69, 9.17) is 0 Å². The third kappa shape index (κ3) is 3.94. The maximum atomic E-state index is 3.60. The van der Waals surface area contributed by atoms with Gasteiger partial charge < -0.3 is 10.2 Å². The molecule has 0 radical (unpaired) electrons. The van der Waals surface area contributed by atoms with E-state index in [2.05, 4.69) is 29.0 Å². The van der Waals surface area contributed by atoms with Crippen molar-refractivity contribution in [2.45, 2.75) is 58.0 Å². The fraction of sp³-hybridized carbons (Fsp3) is 1.00. The van der Waals surface area contributed by atoms with E-state index in [9.17, 15) is 0 Å². The minimum Gasteiger partial charge on any atom is -0.314 e. The van der Waals surface area contributed by atoms with Gasteiger partial charge in [0.25, 0.3) is 0 Å². The molecule has 2 rings (SSSR count). The highest BCUT2D eigenvalue weighted by atomic mass is 15.3. The van der Waals surface area contributed by atoms with Crippen LogP contribution in [0.5, 0.6) is 0 Å².